The van der Waals surface area contributed by atoms with Crippen LogP contribution in [-0.4, -0.2) is 17.7 Å². The molecule has 3 heteroatoms. The highest BCUT2D eigenvalue weighted by atomic mass is 16.6. The van der Waals surface area contributed by atoms with Crippen molar-refractivity contribution in [3.8, 4) is 12.3 Å². The number of carbonyl (C=O) groups is 1. The Bertz CT molecular complexity index is 313. The Labute approximate surface area is 118 Å². The van der Waals surface area contributed by atoms with Crippen LogP contribution in [0, 0.1) is 24.2 Å². The molecule has 2 unspecified atom stereocenters. The Morgan fingerprint density at radius 3 is 2.26 bits per heavy atom. The number of amides is 1. The zero-order chi connectivity index (χ0) is 15.1. The Morgan fingerprint density at radius 2 is 1.84 bits per heavy atom. The number of nitrogens with one attached hydrogen (secondary N) is 1. The van der Waals surface area contributed by atoms with Gasteiger partial charge in [-0.2, -0.15) is 0 Å². The summed E-state index contributed by atoms with van der Waals surface area (Å²) in [7, 11) is 0. The van der Waals surface area contributed by atoms with E-state index in [1.807, 2.05) is 20.8 Å². The lowest BCUT2D eigenvalue weighted by Gasteiger charge is -2.30. The maximum absolute atomic E-state index is 11.8. The fourth-order valence-corrected chi connectivity index (χ4v) is 2.10. The first kappa shape index (κ1) is 17.8. The van der Waals surface area contributed by atoms with Gasteiger partial charge in [-0.3, -0.25) is 0 Å². The minimum Gasteiger partial charge on any atom is -0.444 e. The highest BCUT2D eigenvalue weighted by molar-refractivity contribution is 5.68. The van der Waals surface area contributed by atoms with Gasteiger partial charge < -0.3 is 10.1 Å². The third-order valence-corrected chi connectivity index (χ3v) is 3.61. The van der Waals surface area contributed by atoms with Crippen LogP contribution in [0.1, 0.15) is 60.8 Å². The molecule has 0 aromatic rings. The maximum atomic E-state index is 11.8. The molecular formula is C16H29NO2. The van der Waals surface area contributed by atoms with E-state index in [0.717, 1.165) is 19.3 Å². The van der Waals surface area contributed by atoms with Crippen LogP contribution >= 0.6 is 0 Å². The first-order valence-corrected chi connectivity index (χ1v) is 7.21. The molecule has 2 atom stereocenters. The fourth-order valence-electron chi connectivity index (χ4n) is 2.10. The number of ether oxygens (including phenoxy) is 1. The summed E-state index contributed by atoms with van der Waals surface area (Å²) < 4.78 is 5.52. The molecular weight excluding hydrogens is 238 g/mol. The van der Waals surface area contributed by atoms with Crippen LogP contribution in [0.25, 0.3) is 0 Å². The number of hydrogen-bond acceptors (Lipinski definition) is 2. The van der Waals surface area contributed by atoms with Gasteiger partial charge in [0.25, 0.3) is 0 Å². The van der Waals surface area contributed by atoms with E-state index in [-0.39, 0.29) is 18.1 Å². The van der Waals surface area contributed by atoms with Crippen molar-refractivity contribution < 1.29 is 9.53 Å². The SMILES string of the molecule is C#CC(C)C(C)CC(C)(C)OC(=O)NC(CC)CC. The first-order valence-electron chi connectivity index (χ1n) is 7.21. The third-order valence-electron chi connectivity index (χ3n) is 3.61. The molecule has 0 aliphatic heterocycles. The molecule has 0 aromatic carbocycles. The van der Waals surface area contributed by atoms with Gasteiger partial charge in [-0.15, -0.1) is 12.3 Å². The highest BCUT2D eigenvalue weighted by Crippen LogP contribution is 2.25. The highest BCUT2D eigenvalue weighted by Gasteiger charge is 2.27. The molecule has 0 aliphatic rings. The van der Waals surface area contributed by atoms with Crippen LogP contribution in [0.4, 0.5) is 4.79 Å². The molecule has 0 fully saturated rings. The summed E-state index contributed by atoms with van der Waals surface area (Å²) in [4.78, 5) is 11.8. The number of hydrogen-bond donors (Lipinski definition) is 1. The summed E-state index contributed by atoms with van der Waals surface area (Å²) >= 11 is 0. The van der Waals surface area contributed by atoms with Gasteiger partial charge in [0.2, 0.25) is 0 Å². The van der Waals surface area contributed by atoms with Gasteiger partial charge in [-0.05, 0) is 39.0 Å². The zero-order valence-corrected chi connectivity index (χ0v) is 13.2. The third kappa shape index (κ3) is 7.10. The van der Waals surface area contributed by atoms with Gasteiger partial charge in [-0.1, -0.05) is 27.7 Å². The second kappa shape index (κ2) is 8.09. The van der Waals surface area contributed by atoms with Gasteiger partial charge >= 0.3 is 6.09 Å². The molecule has 0 aliphatic carbocycles. The van der Waals surface area contributed by atoms with Crippen molar-refractivity contribution in [3.63, 3.8) is 0 Å². The lowest BCUT2D eigenvalue weighted by atomic mass is 9.86. The van der Waals surface area contributed by atoms with Gasteiger partial charge in [-0.25, -0.2) is 4.79 Å². The minimum atomic E-state index is -0.499. The van der Waals surface area contributed by atoms with Gasteiger partial charge in [0, 0.05) is 12.0 Å². The van der Waals surface area contributed by atoms with E-state index < -0.39 is 5.60 Å². The molecule has 0 saturated heterocycles. The summed E-state index contributed by atoms with van der Waals surface area (Å²) in [5.74, 6) is 3.24. The van der Waals surface area contributed by atoms with Crippen LogP contribution in [0.15, 0.2) is 0 Å². The predicted octanol–water partition coefficient (Wildman–Crippen LogP) is 3.98. The smallest absolute Gasteiger partial charge is 0.407 e. The number of rotatable bonds is 7. The molecule has 110 valence electrons. The van der Waals surface area contributed by atoms with Gasteiger partial charge in [0.05, 0.1) is 0 Å². The average molecular weight is 267 g/mol. The Balaban J connectivity index is 4.36. The van der Waals surface area contributed by atoms with E-state index in [1.54, 1.807) is 0 Å². The second-order valence-electron chi connectivity index (χ2n) is 5.94. The fraction of sp³-hybridized carbons (Fsp3) is 0.812. The number of alkyl carbamates (subject to hydrolysis) is 1. The maximum Gasteiger partial charge on any atom is 0.407 e. The summed E-state index contributed by atoms with van der Waals surface area (Å²) in [6.45, 7) is 12.1. The summed E-state index contributed by atoms with van der Waals surface area (Å²) in [6, 6.07) is 0.186. The minimum absolute atomic E-state index is 0.185. The van der Waals surface area contributed by atoms with Gasteiger partial charge in [0.15, 0.2) is 0 Å². The molecule has 0 saturated carbocycles. The zero-order valence-electron chi connectivity index (χ0n) is 13.2. The molecule has 0 radical (unpaired) electrons. The summed E-state index contributed by atoms with van der Waals surface area (Å²) in [5, 5.41) is 2.89. The van der Waals surface area contributed by atoms with E-state index >= 15 is 0 Å². The predicted molar refractivity (Wildman–Crippen MR) is 79.8 cm³/mol. The van der Waals surface area contributed by atoms with Crippen LogP contribution in [0.5, 0.6) is 0 Å². The molecule has 19 heavy (non-hydrogen) atoms. The summed E-state index contributed by atoms with van der Waals surface area (Å²) in [5.41, 5.74) is -0.499. The van der Waals surface area contributed by atoms with Crippen LogP contribution in [-0.2, 0) is 4.74 Å². The van der Waals surface area contributed by atoms with Crippen LogP contribution in [0.2, 0.25) is 0 Å². The van der Waals surface area contributed by atoms with E-state index in [2.05, 4.69) is 32.0 Å². The van der Waals surface area contributed by atoms with Crippen LogP contribution in [0.3, 0.4) is 0 Å². The Hall–Kier alpha value is -1.17. The van der Waals surface area contributed by atoms with Crippen LogP contribution < -0.4 is 5.32 Å². The topological polar surface area (TPSA) is 38.3 Å². The monoisotopic (exact) mass is 267 g/mol. The lowest BCUT2D eigenvalue weighted by Crippen LogP contribution is -2.40. The molecule has 0 heterocycles. The molecule has 1 amide bonds. The van der Waals surface area contributed by atoms with Gasteiger partial charge in [0.1, 0.15) is 5.60 Å². The van der Waals surface area contributed by atoms with Crippen molar-refractivity contribution in [2.75, 3.05) is 0 Å². The van der Waals surface area contributed by atoms with Crippen molar-refractivity contribution in [2.45, 2.75) is 72.4 Å². The van der Waals surface area contributed by atoms with E-state index in [9.17, 15) is 4.79 Å². The second-order valence-corrected chi connectivity index (χ2v) is 5.94. The normalized spacial score (nSPS) is 14.6. The van der Waals surface area contributed by atoms with Crippen molar-refractivity contribution in [2.24, 2.45) is 11.8 Å². The van der Waals surface area contributed by atoms with Crippen molar-refractivity contribution >= 4 is 6.09 Å². The molecule has 0 bridgehead atoms. The lowest BCUT2D eigenvalue weighted by molar-refractivity contribution is 0.0175. The largest absolute Gasteiger partial charge is 0.444 e. The molecule has 0 rings (SSSR count). The average Bonchev–Trinajstić information content (AvgIpc) is 2.33. The quantitative estimate of drug-likeness (QED) is 0.709. The van der Waals surface area contributed by atoms with E-state index in [0.29, 0.717) is 5.92 Å². The molecule has 1 N–H and O–H groups in total. The van der Waals surface area contributed by atoms with E-state index in [1.165, 1.54) is 0 Å². The summed E-state index contributed by atoms with van der Waals surface area (Å²) in [6.07, 6.45) is 7.68. The van der Waals surface area contributed by atoms with Crippen molar-refractivity contribution in [1.29, 1.82) is 0 Å². The number of carbonyl (C=O) groups excluding carboxylic acids is 1. The van der Waals surface area contributed by atoms with E-state index in [4.69, 9.17) is 11.2 Å². The standard InChI is InChI=1S/C16H29NO2/c1-8-12(4)13(5)11-16(6,7)19-15(18)17-14(9-2)10-3/h1,12-14H,9-11H2,2-7H3,(H,17,18). The molecule has 0 spiro atoms. The Kier molecular flexibility index (Phi) is 7.59. The number of terminal acetylenes is 1. The molecule has 3 nitrogen and oxygen atoms in total. The first-order chi connectivity index (χ1) is 8.75. The Morgan fingerprint density at radius 1 is 1.32 bits per heavy atom. The van der Waals surface area contributed by atoms with Crippen molar-refractivity contribution in [3.05, 3.63) is 0 Å². The molecule has 0 aromatic heterocycles. The van der Waals surface area contributed by atoms with Crippen molar-refractivity contribution in [1.82, 2.24) is 5.32 Å².